The lowest BCUT2D eigenvalue weighted by Crippen LogP contribution is -2.13. The highest BCUT2D eigenvalue weighted by Gasteiger charge is 2.21. The van der Waals surface area contributed by atoms with Gasteiger partial charge in [0.25, 0.3) is 0 Å². The number of nitrogens with zero attached hydrogens (tertiary/aromatic N) is 1. The predicted octanol–water partition coefficient (Wildman–Crippen LogP) is 4.08. The van der Waals surface area contributed by atoms with Crippen molar-refractivity contribution in [1.82, 2.24) is 0 Å². The highest BCUT2D eigenvalue weighted by Crippen LogP contribution is 2.27. The van der Waals surface area contributed by atoms with Crippen LogP contribution in [-0.2, 0) is 16.1 Å². The van der Waals surface area contributed by atoms with Crippen LogP contribution in [0, 0.1) is 11.3 Å². The number of esters is 1. The van der Waals surface area contributed by atoms with Crippen LogP contribution in [0.15, 0.2) is 52.9 Å². The Labute approximate surface area is 156 Å². The Morgan fingerprint density at radius 2 is 1.89 bits per heavy atom. The lowest BCUT2D eigenvalue weighted by atomic mass is 10.1. The fourth-order valence-corrected chi connectivity index (χ4v) is 2.60. The molecule has 0 N–H and O–H groups in total. The van der Waals surface area contributed by atoms with Crippen molar-refractivity contribution in [3.05, 3.63) is 65.4 Å². The number of ether oxygens (including phenoxy) is 3. The summed E-state index contributed by atoms with van der Waals surface area (Å²) in [6, 6.07) is 16.2. The molecule has 3 aromatic rings. The molecule has 0 saturated heterocycles. The summed E-state index contributed by atoms with van der Waals surface area (Å²) in [5, 5.41) is 9.61. The van der Waals surface area contributed by atoms with E-state index in [1.54, 1.807) is 30.3 Å². The number of rotatable bonds is 8. The molecule has 27 heavy (non-hydrogen) atoms. The maximum Gasteiger partial charge on any atom is 0.374 e. The third-order valence-corrected chi connectivity index (χ3v) is 3.90. The fraction of sp³-hybridized carbons (Fsp3) is 0.238. The summed E-state index contributed by atoms with van der Waals surface area (Å²) in [6.45, 7) is 2.97. The van der Waals surface area contributed by atoms with E-state index in [1.807, 2.05) is 31.2 Å². The summed E-state index contributed by atoms with van der Waals surface area (Å²) in [5.41, 5.74) is 1.86. The minimum absolute atomic E-state index is 0.0734. The molecular formula is C21H19NO5. The molecule has 0 atom stereocenters. The molecule has 0 aliphatic carbocycles. The lowest BCUT2D eigenvalue weighted by molar-refractivity contribution is 0.0409. The number of carbonyl (C=O) groups is 1. The number of nitriles is 1. The predicted molar refractivity (Wildman–Crippen MR) is 98.5 cm³/mol. The quantitative estimate of drug-likeness (QED) is 0.442. The molecule has 6 heteroatoms. The second-order valence-electron chi connectivity index (χ2n) is 5.66. The van der Waals surface area contributed by atoms with Gasteiger partial charge in [0, 0.05) is 17.6 Å². The van der Waals surface area contributed by atoms with Gasteiger partial charge in [0.05, 0.1) is 18.2 Å². The molecule has 138 valence electrons. The van der Waals surface area contributed by atoms with Crippen LogP contribution in [0.5, 0.6) is 5.75 Å². The number of hydrogen-bond donors (Lipinski definition) is 0. The van der Waals surface area contributed by atoms with E-state index in [2.05, 4.69) is 0 Å². The number of benzene rings is 2. The third kappa shape index (κ3) is 4.46. The van der Waals surface area contributed by atoms with Crippen LogP contribution in [0.4, 0.5) is 0 Å². The van der Waals surface area contributed by atoms with Crippen molar-refractivity contribution >= 4 is 16.9 Å². The average Bonchev–Trinajstić information content (AvgIpc) is 3.08. The number of hydrogen-bond acceptors (Lipinski definition) is 6. The maximum atomic E-state index is 12.4. The van der Waals surface area contributed by atoms with Crippen molar-refractivity contribution in [2.24, 2.45) is 0 Å². The van der Waals surface area contributed by atoms with Gasteiger partial charge in [0.1, 0.15) is 24.5 Å². The average molecular weight is 365 g/mol. The molecule has 0 aliphatic rings. The highest BCUT2D eigenvalue weighted by atomic mass is 16.6. The van der Waals surface area contributed by atoms with Gasteiger partial charge in [-0.25, -0.2) is 4.79 Å². The first-order valence-corrected chi connectivity index (χ1v) is 8.61. The molecule has 1 heterocycles. The zero-order valence-corrected chi connectivity index (χ0v) is 14.9. The van der Waals surface area contributed by atoms with E-state index in [4.69, 9.17) is 23.9 Å². The highest BCUT2D eigenvalue weighted by molar-refractivity contribution is 5.96. The zero-order valence-electron chi connectivity index (χ0n) is 14.9. The second-order valence-corrected chi connectivity index (χ2v) is 5.66. The molecule has 0 radical (unpaired) electrons. The van der Waals surface area contributed by atoms with E-state index in [0.717, 1.165) is 5.39 Å². The Morgan fingerprint density at radius 3 is 2.63 bits per heavy atom. The summed E-state index contributed by atoms with van der Waals surface area (Å²) in [7, 11) is 0. The zero-order chi connectivity index (χ0) is 19.1. The van der Waals surface area contributed by atoms with Crippen LogP contribution in [0.1, 0.15) is 28.6 Å². The van der Waals surface area contributed by atoms with Gasteiger partial charge in [0.2, 0.25) is 5.76 Å². The van der Waals surface area contributed by atoms with Gasteiger partial charge in [-0.05, 0) is 37.3 Å². The Hall–Kier alpha value is -3.30. The van der Waals surface area contributed by atoms with Crippen molar-refractivity contribution in [3.8, 4) is 11.8 Å². The molecule has 0 bridgehead atoms. The molecule has 0 saturated carbocycles. The molecule has 0 spiro atoms. The largest absolute Gasteiger partial charge is 0.490 e. The van der Waals surface area contributed by atoms with Crippen LogP contribution < -0.4 is 4.74 Å². The molecule has 0 fully saturated rings. The van der Waals surface area contributed by atoms with Crippen LogP contribution in [0.2, 0.25) is 0 Å². The number of fused-ring (bicyclic) bond motifs is 1. The Balaban J connectivity index is 1.61. The minimum atomic E-state index is -0.552. The van der Waals surface area contributed by atoms with Crippen LogP contribution in [0.3, 0.4) is 0 Å². The fourth-order valence-electron chi connectivity index (χ4n) is 2.60. The first kappa shape index (κ1) is 18.5. The number of para-hydroxylation sites is 1. The molecular weight excluding hydrogens is 346 g/mol. The van der Waals surface area contributed by atoms with Gasteiger partial charge in [0.15, 0.2) is 0 Å². The van der Waals surface area contributed by atoms with E-state index >= 15 is 0 Å². The second kappa shape index (κ2) is 8.88. The van der Waals surface area contributed by atoms with Gasteiger partial charge in [-0.1, -0.05) is 18.2 Å². The third-order valence-electron chi connectivity index (χ3n) is 3.90. The first-order chi connectivity index (χ1) is 13.2. The summed E-state index contributed by atoms with van der Waals surface area (Å²) in [4.78, 5) is 12.4. The first-order valence-electron chi connectivity index (χ1n) is 8.61. The molecule has 2 aromatic carbocycles. The Morgan fingerprint density at radius 1 is 1.11 bits per heavy atom. The van der Waals surface area contributed by atoms with E-state index in [0.29, 0.717) is 29.1 Å². The van der Waals surface area contributed by atoms with Gasteiger partial charge in [-0.3, -0.25) is 0 Å². The number of carbonyl (C=O) groups excluding carboxylic acids is 1. The maximum absolute atomic E-state index is 12.4. The molecule has 0 aliphatic heterocycles. The number of furan rings is 1. The van der Waals surface area contributed by atoms with E-state index in [-0.39, 0.29) is 25.6 Å². The lowest BCUT2D eigenvalue weighted by Gasteiger charge is -2.07. The summed E-state index contributed by atoms with van der Waals surface area (Å²) in [5.74, 6) is 0.207. The van der Waals surface area contributed by atoms with E-state index in [9.17, 15) is 4.79 Å². The van der Waals surface area contributed by atoms with Gasteiger partial charge in [-0.15, -0.1) is 0 Å². The van der Waals surface area contributed by atoms with Crippen molar-refractivity contribution in [3.63, 3.8) is 0 Å². The molecule has 0 amide bonds. The van der Waals surface area contributed by atoms with E-state index in [1.165, 1.54) is 0 Å². The topological polar surface area (TPSA) is 81.7 Å². The summed E-state index contributed by atoms with van der Waals surface area (Å²) >= 11 is 0. The molecule has 6 nitrogen and oxygen atoms in total. The van der Waals surface area contributed by atoms with Crippen LogP contribution in [-0.4, -0.2) is 25.8 Å². The molecule has 0 unspecified atom stereocenters. The Kier molecular flexibility index (Phi) is 6.08. The minimum Gasteiger partial charge on any atom is -0.490 e. The van der Waals surface area contributed by atoms with Gasteiger partial charge < -0.3 is 18.6 Å². The van der Waals surface area contributed by atoms with Crippen LogP contribution >= 0.6 is 0 Å². The molecule has 1 aromatic heterocycles. The SMILES string of the molecule is CCOCc1c(C(=O)OCCOc2ccc(C#N)cc2)oc2ccccc12. The van der Waals surface area contributed by atoms with Crippen molar-refractivity contribution < 1.29 is 23.4 Å². The molecule has 3 rings (SSSR count). The smallest absolute Gasteiger partial charge is 0.374 e. The van der Waals surface area contributed by atoms with Crippen molar-refractivity contribution in [2.45, 2.75) is 13.5 Å². The van der Waals surface area contributed by atoms with Crippen molar-refractivity contribution in [2.75, 3.05) is 19.8 Å². The van der Waals surface area contributed by atoms with Gasteiger partial charge >= 0.3 is 5.97 Å². The van der Waals surface area contributed by atoms with Crippen LogP contribution in [0.25, 0.3) is 11.0 Å². The van der Waals surface area contributed by atoms with Gasteiger partial charge in [-0.2, -0.15) is 5.26 Å². The standard InChI is InChI=1S/C21H19NO5/c1-2-24-14-18-17-5-3-4-6-19(17)27-20(18)21(23)26-12-11-25-16-9-7-15(13-22)8-10-16/h3-10H,2,11-12,14H2,1H3. The normalized spacial score (nSPS) is 10.5. The summed E-state index contributed by atoms with van der Waals surface area (Å²) < 4.78 is 21.9. The van der Waals surface area contributed by atoms with Crippen molar-refractivity contribution in [1.29, 1.82) is 5.26 Å². The summed E-state index contributed by atoms with van der Waals surface area (Å²) in [6.07, 6.45) is 0. The Bertz CT molecular complexity index is 953. The van der Waals surface area contributed by atoms with E-state index < -0.39 is 5.97 Å². The monoisotopic (exact) mass is 365 g/mol.